The maximum atomic E-state index is 5.79. The molecule has 3 nitrogen and oxygen atoms in total. The molecule has 0 spiro atoms. The van der Waals surface area contributed by atoms with Gasteiger partial charge in [-0.1, -0.05) is 35.9 Å². The summed E-state index contributed by atoms with van der Waals surface area (Å²) < 4.78 is 0. The fourth-order valence-corrected chi connectivity index (χ4v) is 4.20. The van der Waals surface area contributed by atoms with E-state index in [1.165, 1.54) is 22.5 Å². The van der Waals surface area contributed by atoms with E-state index in [4.69, 9.17) is 18.4 Å². The minimum Gasteiger partial charge on any atom is -0.403 e. The van der Waals surface area contributed by atoms with Crippen molar-refractivity contribution in [2.45, 2.75) is 51.8 Å². The molecule has 2 aromatic carbocycles. The second-order valence-corrected chi connectivity index (χ2v) is 8.31. The molecule has 4 heteroatoms. The molecule has 0 aliphatic rings. The summed E-state index contributed by atoms with van der Waals surface area (Å²) in [6, 6.07) is 15.5. The van der Waals surface area contributed by atoms with Crippen LogP contribution in [-0.2, 0) is 0 Å². The Bertz CT molecular complexity index is 826. The van der Waals surface area contributed by atoms with Gasteiger partial charge >= 0.3 is 0 Å². The summed E-state index contributed by atoms with van der Waals surface area (Å²) >= 11 is 4.76. The van der Waals surface area contributed by atoms with E-state index in [2.05, 4.69) is 87.0 Å². The van der Waals surface area contributed by atoms with Crippen molar-refractivity contribution < 1.29 is 0 Å². The Morgan fingerprint density at radius 1 is 1.21 bits per heavy atom. The molecule has 0 amide bonds. The van der Waals surface area contributed by atoms with E-state index >= 15 is 0 Å². The zero-order chi connectivity index (χ0) is 21.4. The molecule has 156 valence electrons. The van der Waals surface area contributed by atoms with Crippen molar-refractivity contribution in [3.63, 3.8) is 0 Å². The number of hydrogen-bond donors (Lipinski definition) is 3. The largest absolute Gasteiger partial charge is 0.403 e. The summed E-state index contributed by atoms with van der Waals surface area (Å²) in [5.74, 6) is 0. The first-order chi connectivity index (χ1) is 13.9. The van der Waals surface area contributed by atoms with Gasteiger partial charge in [0.2, 0.25) is 0 Å². The van der Waals surface area contributed by atoms with Gasteiger partial charge < -0.3 is 16.0 Å². The molecule has 0 aliphatic heterocycles. The third-order valence-electron chi connectivity index (χ3n) is 5.09. The van der Waals surface area contributed by atoms with Crippen LogP contribution >= 0.6 is 12.6 Å². The predicted octanol–water partition coefficient (Wildman–Crippen LogP) is 5.96. The van der Waals surface area contributed by atoms with Gasteiger partial charge in [0.1, 0.15) is 0 Å². The monoisotopic (exact) mass is 409 g/mol. The van der Waals surface area contributed by atoms with Gasteiger partial charge in [-0.3, -0.25) is 0 Å². The molecule has 0 heterocycles. The van der Waals surface area contributed by atoms with Gasteiger partial charge in [0.15, 0.2) is 0 Å². The van der Waals surface area contributed by atoms with Crippen molar-refractivity contribution in [2.75, 3.05) is 11.4 Å². The molecule has 2 atom stereocenters. The molecule has 0 fully saturated rings. The van der Waals surface area contributed by atoms with E-state index in [-0.39, 0.29) is 5.25 Å². The van der Waals surface area contributed by atoms with Crippen molar-refractivity contribution in [1.29, 1.82) is 0 Å². The first-order valence-corrected chi connectivity index (χ1v) is 10.8. The van der Waals surface area contributed by atoms with Gasteiger partial charge in [0.05, 0.1) is 5.70 Å². The lowest BCUT2D eigenvalue weighted by atomic mass is 10.0. The van der Waals surface area contributed by atoms with Gasteiger partial charge in [-0.15, -0.1) is 6.58 Å². The number of rotatable bonds is 10. The van der Waals surface area contributed by atoms with Crippen LogP contribution in [0.3, 0.4) is 0 Å². The van der Waals surface area contributed by atoms with Crippen LogP contribution in [0.2, 0.25) is 0 Å². The van der Waals surface area contributed by atoms with Gasteiger partial charge in [-0.05, 0) is 69.9 Å². The number of thiol groups is 1. The van der Waals surface area contributed by atoms with Crippen LogP contribution in [0.4, 0.5) is 11.4 Å². The fourth-order valence-electron chi connectivity index (χ4n) is 3.74. The zero-order valence-corrected chi connectivity index (χ0v) is 19.0. The Kier molecular flexibility index (Phi) is 8.71. The molecule has 0 radical (unpaired) electrons. The molecular formula is C25H35N3S. The standard InChI is InChI=1S/C25H35N3S/c1-6-8-23(29)16-20(5)28(25-14-9-18(3)15-19(25)4)22-12-10-21(11-13-22)24(17-26)27-7-2/h6,9-15,17,20,23,27,29H,1,7-8,16,26H2,2-5H3/b24-17-. The predicted molar refractivity (Wildman–Crippen MR) is 132 cm³/mol. The van der Waals surface area contributed by atoms with Gasteiger partial charge in [-0.2, -0.15) is 12.6 Å². The average Bonchev–Trinajstić information content (AvgIpc) is 2.68. The van der Waals surface area contributed by atoms with E-state index in [1.807, 2.05) is 6.08 Å². The first kappa shape index (κ1) is 23.0. The Morgan fingerprint density at radius 2 is 1.90 bits per heavy atom. The topological polar surface area (TPSA) is 41.3 Å². The molecular weight excluding hydrogens is 374 g/mol. The Labute approximate surface area is 182 Å². The van der Waals surface area contributed by atoms with Gasteiger partial charge in [0.25, 0.3) is 0 Å². The highest BCUT2D eigenvalue weighted by molar-refractivity contribution is 7.80. The van der Waals surface area contributed by atoms with Crippen molar-refractivity contribution in [1.82, 2.24) is 5.32 Å². The maximum Gasteiger partial charge on any atom is 0.0571 e. The second-order valence-electron chi connectivity index (χ2n) is 7.58. The molecule has 2 aromatic rings. The SMILES string of the molecule is C=CCC(S)CC(C)N(c1ccc(/C(=C/N)NCC)cc1)c1ccc(C)cc1C. The third kappa shape index (κ3) is 6.07. The Morgan fingerprint density at radius 3 is 2.45 bits per heavy atom. The van der Waals surface area contributed by atoms with Crippen LogP contribution in [0.25, 0.3) is 5.70 Å². The normalized spacial score (nSPS) is 13.6. The quantitative estimate of drug-likeness (QED) is 0.335. The smallest absolute Gasteiger partial charge is 0.0571 e. The van der Waals surface area contributed by atoms with E-state index in [9.17, 15) is 0 Å². The Balaban J connectivity index is 2.42. The molecule has 2 unspecified atom stereocenters. The van der Waals surface area contributed by atoms with Crippen LogP contribution < -0.4 is 16.0 Å². The molecule has 0 aromatic heterocycles. The number of nitrogens with zero attached hydrogens (tertiary/aromatic N) is 1. The van der Waals surface area contributed by atoms with E-state index in [0.29, 0.717) is 6.04 Å². The summed E-state index contributed by atoms with van der Waals surface area (Å²) in [5, 5.41) is 3.60. The molecule has 0 bridgehead atoms. The number of benzene rings is 2. The van der Waals surface area contributed by atoms with Crippen LogP contribution in [0.15, 0.2) is 61.3 Å². The lowest BCUT2D eigenvalue weighted by molar-refractivity contribution is 0.627. The lowest BCUT2D eigenvalue weighted by Gasteiger charge is -2.34. The van der Waals surface area contributed by atoms with Crippen molar-refractivity contribution in [2.24, 2.45) is 5.73 Å². The van der Waals surface area contributed by atoms with Crippen LogP contribution in [-0.4, -0.2) is 17.8 Å². The highest BCUT2D eigenvalue weighted by atomic mass is 32.1. The first-order valence-electron chi connectivity index (χ1n) is 10.3. The van der Waals surface area contributed by atoms with Gasteiger partial charge in [0, 0.05) is 35.4 Å². The summed E-state index contributed by atoms with van der Waals surface area (Å²) in [6.07, 6.45) is 5.45. The molecule has 0 aliphatic carbocycles. The van der Waals surface area contributed by atoms with Crippen molar-refractivity contribution in [3.05, 3.63) is 78.0 Å². The highest BCUT2D eigenvalue weighted by Gasteiger charge is 2.21. The van der Waals surface area contributed by atoms with Crippen molar-refractivity contribution >= 4 is 29.7 Å². The molecule has 0 saturated heterocycles. The molecule has 29 heavy (non-hydrogen) atoms. The van der Waals surface area contributed by atoms with E-state index < -0.39 is 0 Å². The fraction of sp³-hybridized carbons (Fsp3) is 0.360. The minimum atomic E-state index is 0.288. The zero-order valence-electron chi connectivity index (χ0n) is 18.2. The number of anilines is 2. The number of nitrogens with two attached hydrogens (primary N) is 1. The summed E-state index contributed by atoms with van der Waals surface area (Å²) in [6.45, 7) is 13.3. The average molecular weight is 410 g/mol. The summed E-state index contributed by atoms with van der Waals surface area (Å²) in [5.41, 5.74) is 12.8. The number of allylic oxidation sites excluding steroid dienone is 1. The number of hydrogen-bond acceptors (Lipinski definition) is 4. The second kappa shape index (κ2) is 11.0. The maximum absolute atomic E-state index is 5.79. The molecule has 3 N–H and O–H groups in total. The van der Waals surface area contributed by atoms with Gasteiger partial charge in [-0.25, -0.2) is 0 Å². The highest BCUT2D eigenvalue weighted by Crippen LogP contribution is 2.34. The van der Waals surface area contributed by atoms with E-state index in [1.54, 1.807) is 6.20 Å². The van der Waals surface area contributed by atoms with Crippen molar-refractivity contribution in [3.8, 4) is 0 Å². The van der Waals surface area contributed by atoms with Crippen LogP contribution in [0.1, 0.15) is 43.4 Å². The minimum absolute atomic E-state index is 0.288. The molecule has 2 rings (SSSR count). The van der Waals surface area contributed by atoms with Crippen LogP contribution in [0.5, 0.6) is 0 Å². The molecule has 0 saturated carbocycles. The number of aryl methyl sites for hydroxylation is 2. The summed E-state index contributed by atoms with van der Waals surface area (Å²) in [7, 11) is 0. The van der Waals surface area contributed by atoms with Crippen LogP contribution in [0, 0.1) is 13.8 Å². The Hall–Kier alpha value is -2.33. The van der Waals surface area contributed by atoms with E-state index in [0.717, 1.165) is 30.6 Å². The number of nitrogens with one attached hydrogen (secondary N) is 1. The lowest BCUT2D eigenvalue weighted by Crippen LogP contribution is -2.31. The summed E-state index contributed by atoms with van der Waals surface area (Å²) in [4.78, 5) is 2.42. The third-order valence-corrected chi connectivity index (χ3v) is 5.52.